The topological polar surface area (TPSA) is 74.5 Å². The van der Waals surface area contributed by atoms with Gasteiger partial charge in [-0.2, -0.15) is 4.68 Å². The van der Waals surface area contributed by atoms with Crippen LogP contribution < -0.4 is 0 Å². The summed E-state index contributed by atoms with van der Waals surface area (Å²) in [6, 6.07) is 6.30. The number of rotatable bonds is 6. The first-order valence-corrected chi connectivity index (χ1v) is 10.5. The standard InChI is InChI=1S/C19H24FN5O2S/c1-2-15-21-19-25(22-15)18(27)17(28-19)16(13-5-3-4-6-14(13)20)24-9-7-23(8-10-24)11-12-26/h3-6,16-17,26H,2,7-12H2,1H3. The Balaban J connectivity index is 1.62. The summed E-state index contributed by atoms with van der Waals surface area (Å²) in [4.78, 5) is 21.9. The molecule has 4 rings (SSSR count). The molecule has 1 N–H and O–H groups in total. The number of hydrogen-bond donors (Lipinski definition) is 1. The van der Waals surface area contributed by atoms with E-state index in [1.54, 1.807) is 12.1 Å². The predicted molar refractivity (Wildman–Crippen MR) is 104 cm³/mol. The van der Waals surface area contributed by atoms with Crippen molar-refractivity contribution in [1.82, 2.24) is 24.6 Å². The Morgan fingerprint density at radius 2 is 2.04 bits per heavy atom. The lowest BCUT2D eigenvalue weighted by Gasteiger charge is -2.40. The molecule has 0 radical (unpaired) electrons. The maximum Gasteiger partial charge on any atom is 0.264 e. The van der Waals surface area contributed by atoms with Crippen molar-refractivity contribution in [2.24, 2.45) is 0 Å². The molecule has 2 atom stereocenters. The second-order valence-electron chi connectivity index (χ2n) is 7.02. The van der Waals surface area contributed by atoms with Gasteiger partial charge in [-0.05, 0) is 6.07 Å². The molecule has 2 aliphatic heterocycles. The molecule has 0 amide bonds. The Kier molecular flexibility index (Phi) is 5.77. The minimum Gasteiger partial charge on any atom is -0.395 e. The molecule has 0 spiro atoms. The molecule has 9 heteroatoms. The van der Waals surface area contributed by atoms with Crippen LogP contribution in [0.2, 0.25) is 0 Å². The van der Waals surface area contributed by atoms with Gasteiger partial charge in [-0.25, -0.2) is 9.37 Å². The largest absolute Gasteiger partial charge is 0.395 e. The van der Waals surface area contributed by atoms with Gasteiger partial charge in [0.15, 0.2) is 11.0 Å². The van der Waals surface area contributed by atoms with E-state index in [0.29, 0.717) is 42.6 Å². The maximum absolute atomic E-state index is 14.7. The van der Waals surface area contributed by atoms with Crippen LogP contribution in [0.5, 0.6) is 0 Å². The number of thioether (sulfide) groups is 1. The van der Waals surface area contributed by atoms with Crippen LogP contribution in [0.15, 0.2) is 29.4 Å². The molecule has 1 aromatic carbocycles. The molecule has 2 aliphatic rings. The first-order chi connectivity index (χ1) is 13.6. The van der Waals surface area contributed by atoms with E-state index in [0.717, 1.165) is 13.1 Å². The monoisotopic (exact) mass is 405 g/mol. The van der Waals surface area contributed by atoms with Crippen molar-refractivity contribution in [2.75, 3.05) is 39.3 Å². The third-order valence-corrected chi connectivity index (χ3v) is 6.54. The van der Waals surface area contributed by atoms with Gasteiger partial charge in [-0.3, -0.25) is 14.6 Å². The van der Waals surface area contributed by atoms with Gasteiger partial charge < -0.3 is 5.11 Å². The zero-order valence-corrected chi connectivity index (χ0v) is 16.6. The summed E-state index contributed by atoms with van der Waals surface area (Å²) in [7, 11) is 0. The maximum atomic E-state index is 14.7. The van der Waals surface area contributed by atoms with Crippen molar-refractivity contribution in [3.63, 3.8) is 0 Å². The van der Waals surface area contributed by atoms with E-state index in [1.807, 2.05) is 13.0 Å². The highest BCUT2D eigenvalue weighted by Crippen LogP contribution is 2.41. The smallest absolute Gasteiger partial charge is 0.264 e. The fourth-order valence-corrected chi connectivity index (χ4v) is 5.13. The number of fused-ring (bicyclic) bond motifs is 1. The fourth-order valence-electron chi connectivity index (χ4n) is 3.86. The molecule has 28 heavy (non-hydrogen) atoms. The third kappa shape index (κ3) is 3.59. The van der Waals surface area contributed by atoms with Gasteiger partial charge in [0.1, 0.15) is 11.1 Å². The van der Waals surface area contributed by atoms with Gasteiger partial charge in [0, 0.05) is 44.7 Å². The summed E-state index contributed by atoms with van der Waals surface area (Å²) in [6.07, 6.45) is 0.669. The molecule has 0 bridgehead atoms. The van der Waals surface area contributed by atoms with Gasteiger partial charge >= 0.3 is 0 Å². The molecular formula is C19H24FN5O2S. The van der Waals surface area contributed by atoms with Crippen LogP contribution in [0.3, 0.4) is 0 Å². The van der Waals surface area contributed by atoms with Gasteiger partial charge in [0.05, 0.1) is 12.6 Å². The molecule has 3 heterocycles. The van der Waals surface area contributed by atoms with Crippen molar-refractivity contribution in [3.8, 4) is 0 Å². The molecule has 1 saturated heterocycles. The van der Waals surface area contributed by atoms with Gasteiger partial charge in [0.25, 0.3) is 5.91 Å². The highest BCUT2D eigenvalue weighted by atomic mass is 32.2. The molecule has 1 aromatic heterocycles. The average Bonchev–Trinajstić information content (AvgIpc) is 3.24. The van der Waals surface area contributed by atoms with Crippen LogP contribution in [-0.4, -0.2) is 80.2 Å². The number of β-amino-alcohol motifs (C(OH)–C–C–N with tert-alkyl or cyclic N) is 1. The van der Waals surface area contributed by atoms with Crippen molar-refractivity contribution in [3.05, 3.63) is 41.5 Å². The second kappa shape index (κ2) is 8.28. The summed E-state index contributed by atoms with van der Waals surface area (Å²) in [5.74, 6) is 0.207. The summed E-state index contributed by atoms with van der Waals surface area (Å²) >= 11 is 1.37. The number of hydrogen-bond acceptors (Lipinski definition) is 7. The van der Waals surface area contributed by atoms with Gasteiger partial charge in [-0.15, -0.1) is 5.10 Å². The number of benzene rings is 1. The summed E-state index contributed by atoms with van der Waals surface area (Å²) in [6.45, 7) is 5.68. The lowest BCUT2D eigenvalue weighted by molar-refractivity contribution is 0.0681. The number of aryl methyl sites for hydroxylation is 1. The Labute approximate surface area is 167 Å². The fraction of sp³-hybridized carbons (Fsp3) is 0.526. The molecule has 2 unspecified atom stereocenters. The minimum atomic E-state index is -0.484. The van der Waals surface area contributed by atoms with Crippen LogP contribution in [0.1, 0.15) is 29.1 Å². The Hall–Kier alpha value is -1.81. The van der Waals surface area contributed by atoms with Crippen molar-refractivity contribution >= 4 is 17.7 Å². The van der Waals surface area contributed by atoms with Crippen LogP contribution >= 0.6 is 11.8 Å². The van der Waals surface area contributed by atoms with Crippen molar-refractivity contribution in [1.29, 1.82) is 0 Å². The minimum absolute atomic E-state index is 0.125. The average molecular weight is 405 g/mol. The zero-order chi connectivity index (χ0) is 19.7. The Morgan fingerprint density at radius 3 is 2.68 bits per heavy atom. The van der Waals surface area contributed by atoms with E-state index in [4.69, 9.17) is 5.11 Å². The van der Waals surface area contributed by atoms with E-state index in [9.17, 15) is 9.18 Å². The molecular weight excluding hydrogens is 381 g/mol. The van der Waals surface area contributed by atoms with Crippen LogP contribution in [0.4, 0.5) is 4.39 Å². The van der Waals surface area contributed by atoms with E-state index >= 15 is 0 Å². The lowest BCUT2D eigenvalue weighted by Crippen LogP contribution is -2.51. The number of piperazine rings is 1. The Bertz CT molecular complexity index is 853. The number of carbonyl (C=O) groups is 1. The Morgan fingerprint density at radius 1 is 1.29 bits per heavy atom. The van der Waals surface area contributed by atoms with E-state index in [2.05, 4.69) is 19.9 Å². The first-order valence-electron chi connectivity index (χ1n) is 9.61. The van der Waals surface area contributed by atoms with Crippen LogP contribution in [0.25, 0.3) is 0 Å². The SMILES string of the molecule is CCc1nc2n(n1)C(=O)C(C(c1ccccc1F)N1CCN(CCO)CC1)S2. The molecule has 150 valence electrons. The van der Waals surface area contributed by atoms with Gasteiger partial charge in [-0.1, -0.05) is 36.9 Å². The lowest BCUT2D eigenvalue weighted by atomic mass is 9.99. The number of aromatic nitrogens is 3. The number of nitrogens with zero attached hydrogens (tertiary/aromatic N) is 5. The van der Waals surface area contributed by atoms with E-state index in [1.165, 1.54) is 22.5 Å². The number of halogens is 1. The van der Waals surface area contributed by atoms with Crippen LogP contribution in [0, 0.1) is 5.82 Å². The predicted octanol–water partition coefficient (Wildman–Crippen LogP) is 1.45. The highest BCUT2D eigenvalue weighted by Gasteiger charge is 2.44. The molecule has 2 aromatic rings. The second-order valence-corrected chi connectivity index (χ2v) is 8.13. The molecule has 0 saturated carbocycles. The number of aliphatic hydroxyl groups is 1. The summed E-state index contributed by atoms with van der Waals surface area (Å²) in [5, 5.41) is 13.6. The molecule has 7 nitrogen and oxygen atoms in total. The number of aliphatic hydroxyl groups excluding tert-OH is 1. The molecule has 0 aliphatic carbocycles. The number of carbonyl (C=O) groups excluding carboxylic acids is 1. The quantitative estimate of drug-likeness (QED) is 0.780. The van der Waals surface area contributed by atoms with E-state index < -0.39 is 5.25 Å². The summed E-state index contributed by atoms with van der Waals surface area (Å²) < 4.78 is 16.1. The first kappa shape index (κ1) is 19.5. The van der Waals surface area contributed by atoms with Gasteiger partial charge in [0.2, 0.25) is 0 Å². The highest BCUT2D eigenvalue weighted by molar-refractivity contribution is 8.00. The molecule has 1 fully saturated rings. The van der Waals surface area contributed by atoms with Crippen molar-refractivity contribution < 1.29 is 14.3 Å². The van der Waals surface area contributed by atoms with E-state index in [-0.39, 0.29) is 24.4 Å². The summed E-state index contributed by atoms with van der Waals surface area (Å²) in [5.41, 5.74) is 0.533. The normalized spacial score (nSPS) is 21.8. The van der Waals surface area contributed by atoms with Crippen molar-refractivity contribution in [2.45, 2.75) is 29.8 Å². The third-order valence-electron chi connectivity index (χ3n) is 5.35. The van der Waals surface area contributed by atoms with Crippen LogP contribution in [-0.2, 0) is 6.42 Å². The zero-order valence-electron chi connectivity index (χ0n) is 15.8.